The van der Waals surface area contributed by atoms with Gasteiger partial charge in [0.2, 0.25) is 5.91 Å². The fraction of sp³-hybridized carbons (Fsp3) is 0.806. The molecule has 5 amide bonds. The molecule has 0 aromatic heterocycles. The number of carbonyl (C=O) groups excluding carboxylic acids is 6. The minimum atomic E-state index is -0.542. The van der Waals surface area contributed by atoms with Crippen molar-refractivity contribution in [2.45, 2.75) is 128 Å². The maximum atomic E-state index is 11.5. The van der Waals surface area contributed by atoms with Crippen LogP contribution in [0.2, 0.25) is 0 Å². The number of nitrogens with one attached hydrogen (secondary N) is 1. The smallest absolute Gasteiger partial charge is 0.333 e. The third-order valence-corrected chi connectivity index (χ3v) is 7.08. The van der Waals surface area contributed by atoms with Gasteiger partial charge >= 0.3 is 5.97 Å². The number of unbranched alkanes of at least 4 members (excludes halogenated alkanes) is 8. The first kappa shape index (κ1) is 43.0. The van der Waals surface area contributed by atoms with Crippen molar-refractivity contribution in [3.8, 4) is 0 Å². The van der Waals surface area contributed by atoms with Gasteiger partial charge in [-0.2, -0.15) is 5.06 Å². The summed E-state index contributed by atoms with van der Waals surface area (Å²) in [5, 5.41) is 30.6. The minimum Gasteiger partial charge on any atom is -0.391 e. The summed E-state index contributed by atoms with van der Waals surface area (Å²) in [6.45, 7) is 0.788. The highest BCUT2D eigenvalue weighted by molar-refractivity contribution is 6.01. The van der Waals surface area contributed by atoms with Crippen LogP contribution < -0.4 is 5.32 Å². The van der Waals surface area contributed by atoms with Gasteiger partial charge in [-0.15, -0.1) is 5.06 Å². The van der Waals surface area contributed by atoms with Crippen molar-refractivity contribution in [3.63, 3.8) is 0 Å². The molecular formula is C31H55N3O12. The fourth-order valence-electron chi connectivity index (χ4n) is 4.42. The summed E-state index contributed by atoms with van der Waals surface area (Å²) >= 11 is 0. The lowest BCUT2D eigenvalue weighted by atomic mass is 10.1. The van der Waals surface area contributed by atoms with E-state index in [9.17, 15) is 39.0 Å². The topological polar surface area (TPSA) is 209 Å². The molecule has 4 N–H and O–H groups in total. The molecule has 15 nitrogen and oxygen atoms in total. The van der Waals surface area contributed by atoms with Crippen LogP contribution in [0.1, 0.15) is 116 Å². The molecule has 2 aliphatic heterocycles. The van der Waals surface area contributed by atoms with E-state index in [1.165, 1.54) is 0 Å². The largest absolute Gasteiger partial charge is 0.391 e. The Hall–Kier alpha value is -2.98. The molecule has 2 aliphatic rings. The number of ether oxygens (including phenoxy) is 2. The van der Waals surface area contributed by atoms with E-state index in [2.05, 4.69) is 5.32 Å². The number of nitrogens with zero attached hydrogens (tertiary/aromatic N) is 2. The third kappa shape index (κ3) is 21.7. The fourth-order valence-corrected chi connectivity index (χ4v) is 4.42. The second-order valence-electron chi connectivity index (χ2n) is 11.1. The second kappa shape index (κ2) is 27.2. The lowest BCUT2D eigenvalue weighted by Crippen LogP contribution is -2.31. The number of methoxy groups -OCH3 is 2. The molecule has 0 saturated carbocycles. The Bertz CT molecular complexity index is 885. The summed E-state index contributed by atoms with van der Waals surface area (Å²) in [6.07, 6.45) is 11.9. The van der Waals surface area contributed by atoms with Crippen LogP contribution in [0.5, 0.6) is 0 Å². The molecule has 46 heavy (non-hydrogen) atoms. The van der Waals surface area contributed by atoms with Crippen LogP contribution in [0, 0.1) is 0 Å². The lowest BCUT2D eigenvalue weighted by Gasteiger charge is -2.12. The molecule has 0 aromatic carbocycles. The van der Waals surface area contributed by atoms with E-state index in [-0.39, 0.29) is 49.2 Å². The SMILES string of the molecule is CNC(=O)CCCCCCCC(O)COC.COCC(O)CCCCCCCC(=O)ON1C(=O)CCC1=O.O=C1CCC(=O)N1O. The molecular weight excluding hydrogens is 606 g/mol. The molecule has 2 heterocycles. The van der Waals surface area contributed by atoms with E-state index in [1.54, 1.807) is 21.3 Å². The third-order valence-electron chi connectivity index (χ3n) is 7.08. The number of hydrogen-bond acceptors (Lipinski definition) is 12. The van der Waals surface area contributed by atoms with Crippen molar-refractivity contribution < 1.29 is 58.5 Å². The van der Waals surface area contributed by atoms with E-state index in [1.807, 2.05) is 0 Å². The van der Waals surface area contributed by atoms with Gasteiger partial charge in [-0.3, -0.25) is 29.2 Å². The Labute approximate surface area is 271 Å². The number of aliphatic hydroxyl groups is 2. The van der Waals surface area contributed by atoms with Gasteiger partial charge in [0.15, 0.2) is 0 Å². The highest BCUT2D eigenvalue weighted by Crippen LogP contribution is 2.14. The maximum Gasteiger partial charge on any atom is 0.333 e. The number of imide groups is 2. The maximum absolute atomic E-state index is 11.5. The number of amides is 5. The zero-order valence-electron chi connectivity index (χ0n) is 27.7. The first-order chi connectivity index (χ1) is 22.0. The average Bonchev–Trinajstić information content (AvgIpc) is 3.50. The standard InChI is InChI=1S/C15H25NO6.C12H25NO3.C4H5NO3/c1-21-11-12(17)7-5-3-2-4-6-8-15(20)22-16-13(18)9-10-14(16)19;1-13-12(15)9-7-5-3-4-6-8-11(14)10-16-2;6-3-1-2-4(7)5(3)8/h12,17H,2-11H2,1H3;11,14H,3-10H2,1-2H3,(H,13,15);8H,1-2H2. The summed E-state index contributed by atoms with van der Waals surface area (Å²) in [7, 11) is 4.83. The van der Waals surface area contributed by atoms with Crippen LogP contribution in [0.15, 0.2) is 0 Å². The summed E-state index contributed by atoms with van der Waals surface area (Å²) in [6, 6.07) is 0. The average molecular weight is 662 g/mol. The molecule has 2 fully saturated rings. The van der Waals surface area contributed by atoms with E-state index < -0.39 is 35.7 Å². The highest BCUT2D eigenvalue weighted by Gasteiger charge is 2.32. The zero-order valence-corrected chi connectivity index (χ0v) is 27.7. The van der Waals surface area contributed by atoms with Crippen LogP contribution in [-0.2, 0) is 43.1 Å². The van der Waals surface area contributed by atoms with E-state index >= 15 is 0 Å². The van der Waals surface area contributed by atoms with Gasteiger partial charge in [0.1, 0.15) is 0 Å². The lowest BCUT2D eigenvalue weighted by molar-refractivity contribution is -0.197. The predicted molar refractivity (Wildman–Crippen MR) is 165 cm³/mol. The molecule has 15 heteroatoms. The van der Waals surface area contributed by atoms with Gasteiger partial charge in [-0.1, -0.05) is 51.4 Å². The number of hydroxylamine groups is 4. The van der Waals surface area contributed by atoms with Gasteiger partial charge in [-0.05, 0) is 25.7 Å². The van der Waals surface area contributed by atoms with Crippen molar-refractivity contribution in [1.29, 1.82) is 0 Å². The van der Waals surface area contributed by atoms with Crippen LogP contribution in [-0.4, -0.2) is 108 Å². The summed E-state index contributed by atoms with van der Waals surface area (Å²) in [4.78, 5) is 70.2. The molecule has 0 radical (unpaired) electrons. The Balaban J connectivity index is 0.000000732. The van der Waals surface area contributed by atoms with Crippen molar-refractivity contribution in [1.82, 2.24) is 15.4 Å². The number of hydrogen-bond donors (Lipinski definition) is 4. The van der Waals surface area contributed by atoms with Gasteiger partial charge in [0.25, 0.3) is 23.6 Å². The first-order valence-corrected chi connectivity index (χ1v) is 16.1. The molecule has 266 valence electrons. The van der Waals surface area contributed by atoms with Gasteiger partial charge in [-0.25, -0.2) is 4.79 Å². The van der Waals surface area contributed by atoms with Crippen molar-refractivity contribution in [2.24, 2.45) is 0 Å². The van der Waals surface area contributed by atoms with Gasteiger partial charge < -0.3 is 29.8 Å². The van der Waals surface area contributed by atoms with Crippen LogP contribution in [0.25, 0.3) is 0 Å². The summed E-state index contributed by atoms with van der Waals surface area (Å²) < 4.78 is 9.69. The van der Waals surface area contributed by atoms with E-state index in [0.29, 0.717) is 31.1 Å². The summed E-state index contributed by atoms with van der Waals surface area (Å²) in [5.74, 6) is -2.33. The predicted octanol–water partition coefficient (Wildman–Crippen LogP) is 2.33. The highest BCUT2D eigenvalue weighted by atomic mass is 16.7. The van der Waals surface area contributed by atoms with Crippen LogP contribution in [0.4, 0.5) is 0 Å². The Kier molecular flexibility index (Phi) is 25.4. The van der Waals surface area contributed by atoms with Gasteiger partial charge in [0.05, 0.1) is 25.4 Å². The Morgan fingerprint density at radius 2 is 1.07 bits per heavy atom. The Morgan fingerprint density at radius 3 is 1.46 bits per heavy atom. The first-order valence-electron chi connectivity index (χ1n) is 16.1. The van der Waals surface area contributed by atoms with Gasteiger partial charge in [0, 0.05) is 59.8 Å². The second-order valence-corrected chi connectivity index (χ2v) is 11.1. The van der Waals surface area contributed by atoms with Crippen molar-refractivity contribution >= 4 is 35.5 Å². The van der Waals surface area contributed by atoms with E-state index in [4.69, 9.17) is 19.5 Å². The molecule has 0 aromatic rings. The number of rotatable bonds is 21. The molecule has 0 bridgehead atoms. The normalized spacial score (nSPS) is 15.6. The number of carbonyl (C=O) groups is 6. The zero-order chi connectivity index (χ0) is 34.7. The van der Waals surface area contributed by atoms with Crippen molar-refractivity contribution in [2.75, 3.05) is 34.5 Å². The van der Waals surface area contributed by atoms with Crippen molar-refractivity contribution in [3.05, 3.63) is 0 Å². The van der Waals surface area contributed by atoms with Crippen LogP contribution >= 0.6 is 0 Å². The minimum absolute atomic E-state index is 0.112. The van der Waals surface area contributed by atoms with E-state index in [0.717, 1.165) is 70.6 Å². The summed E-state index contributed by atoms with van der Waals surface area (Å²) in [5.41, 5.74) is 0. The number of aliphatic hydroxyl groups excluding tert-OH is 2. The quantitative estimate of drug-likeness (QED) is 0.0794. The molecule has 0 spiro atoms. The Morgan fingerprint density at radius 1 is 0.674 bits per heavy atom. The molecule has 0 aliphatic carbocycles. The molecule has 2 saturated heterocycles. The molecule has 2 atom stereocenters. The molecule has 2 rings (SSSR count). The molecule has 2 unspecified atom stereocenters. The van der Waals surface area contributed by atoms with Crippen LogP contribution in [0.3, 0.4) is 0 Å². The monoisotopic (exact) mass is 661 g/mol.